The molecule has 0 unspecified atom stereocenters. The molecule has 0 radical (unpaired) electrons. The number of hydrogen-bond donors (Lipinski definition) is 0. The topological polar surface area (TPSA) is 80.6 Å². The number of carbonyl (C=O) groups is 1. The van der Waals surface area contributed by atoms with Crippen LogP contribution in [0.15, 0.2) is 72.0 Å². The summed E-state index contributed by atoms with van der Waals surface area (Å²) in [4.78, 5) is 38.4. The minimum Gasteiger partial charge on any atom is -0.461 e. The van der Waals surface area contributed by atoms with Crippen molar-refractivity contribution in [3.63, 3.8) is 0 Å². The van der Waals surface area contributed by atoms with E-state index in [4.69, 9.17) is 4.74 Å². The van der Waals surface area contributed by atoms with Crippen LogP contribution in [0.5, 0.6) is 0 Å². The van der Waals surface area contributed by atoms with Gasteiger partial charge in [-0.15, -0.1) is 0 Å². The lowest BCUT2D eigenvalue weighted by Crippen LogP contribution is -2.48. The molecule has 1 saturated heterocycles. The molecular formula is C31H35N5O3. The molecule has 0 N–H and O–H groups in total. The van der Waals surface area contributed by atoms with Gasteiger partial charge >= 0.3 is 5.97 Å². The minimum absolute atomic E-state index is 0.0923. The largest absolute Gasteiger partial charge is 0.461 e. The highest BCUT2D eigenvalue weighted by atomic mass is 16.5. The van der Waals surface area contributed by atoms with E-state index in [0.717, 1.165) is 65.9 Å². The Kier molecular flexibility index (Phi) is 8.02. The molecule has 3 aromatic heterocycles. The van der Waals surface area contributed by atoms with Crippen molar-refractivity contribution in [1.82, 2.24) is 19.4 Å². The molecule has 39 heavy (non-hydrogen) atoms. The fraction of sp³-hybridized carbons (Fsp3) is 0.355. The number of aryl methyl sites for hydroxylation is 2. The van der Waals surface area contributed by atoms with Gasteiger partial charge in [0.15, 0.2) is 5.43 Å². The third-order valence-corrected chi connectivity index (χ3v) is 7.39. The van der Waals surface area contributed by atoms with E-state index in [0.29, 0.717) is 6.54 Å². The highest BCUT2D eigenvalue weighted by molar-refractivity contribution is 5.79. The maximum atomic E-state index is 13.5. The van der Waals surface area contributed by atoms with Crippen LogP contribution in [0.25, 0.3) is 10.9 Å². The van der Waals surface area contributed by atoms with Gasteiger partial charge in [0.2, 0.25) is 0 Å². The number of esters is 1. The molecule has 1 aliphatic heterocycles. The number of carbonyl (C=O) groups excluding carboxylic acids is 1. The van der Waals surface area contributed by atoms with E-state index in [9.17, 15) is 9.59 Å². The zero-order chi connectivity index (χ0) is 27.4. The molecule has 0 saturated carbocycles. The summed E-state index contributed by atoms with van der Waals surface area (Å²) in [6.45, 7) is 6.65. The summed E-state index contributed by atoms with van der Waals surface area (Å²) < 4.78 is 7.23. The summed E-state index contributed by atoms with van der Waals surface area (Å²) in [5, 5.41) is 0.748. The zero-order valence-corrected chi connectivity index (χ0v) is 22.8. The molecule has 202 valence electrons. The van der Waals surface area contributed by atoms with Crippen molar-refractivity contribution in [2.45, 2.75) is 52.4 Å². The summed E-state index contributed by atoms with van der Waals surface area (Å²) in [6.07, 6.45) is 9.51. The van der Waals surface area contributed by atoms with Crippen molar-refractivity contribution in [2.75, 3.05) is 18.0 Å². The Bertz CT molecular complexity index is 1530. The summed E-state index contributed by atoms with van der Waals surface area (Å²) in [5.41, 5.74) is 5.88. The number of anilines is 1. The Morgan fingerprint density at radius 1 is 1.13 bits per heavy atom. The number of hydrogen-bond acceptors (Lipinski definition) is 7. The van der Waals surface area contributed by atoms with Gasteiger partial charge in [-0.25, -0.2) is 0 Å². The predicted molar refractivity (Wildman–Crippen MR) is 152 cm³/mol. The molecular weight excluding hydrogens is 490 g/mol. The molecule has 0 aliphatic carbocycles. The van der Waals surface area contributed by atoms with Gasteiger partial charge in [-0.3, -0.25) is 24.5 Å². The lowest BCUT2D eigenvalue weighted by molar-refractivity contribution is -0.142. The average Bonchev–Trinajstić information content (AvgIpc) is 2.94. The fourth-order valence-electron chi connectivity index (χ4n) is 5.49. The first-order valence-corrected chi connectivity index (χ1v) is 13.4. The molecule has 5 rings (SSSR count). The third-order valence-electron chi connectivity index (χ3n) is 7.39. The molecule has 4 heterocycles. The molecule has 0 amide bonds. The van der Waals surface area contributed by atoms with Crippen molar-refractivity contribution in [3.05, 3.63) is 99.9 Å². The van der Waals surface area contributed by atoms with Crippen LogP contribution < -0.4 is 10.3 Å². The smallest absolute Gasteiger partial charge is 0.302 e. The second-order valence-corrected chi connectivity index (χ2v) is 10.4. The van der Waals surface area contributed by atoms with Gasteiger partial charge in [0, 0.05) is 87.0 Å². The van der Waals surface area contributed by atoms with Crippen LogP contribution in [0.1, 0.15) is 42.1 Å². The summed E-state index contributed by atoms with van der Waals surface area (Å²) in [7, 11) is 2.00. The van der Waals surface area contributed by atoms with Crippen LogP contribution in [0, 0.1) is 6.92 Å². The number of piperidine rings is 1. The Hall–Kier alpha value is -4.04. The van der Waals surface area contributed by atoms with Crippen molar-refractivity contribution in [1.29, 1.82) is 0 Å². The Labute approximate surface area is 228 Å². The minimum atomic E-state index is -0.305. The number of pyridine rings is 3. The lowest BCUT2D eigenvalue weighted by atomic mass is 10.0. The van der Waals surface area contributed by atoms with Crippen LogP contribution in [-0.4, -0.2) is 44.5 Å². The van der Waals surface area contributed by atoms with Gasteiger partial charge in [0.05, 0.1) is 17.4 Å². The van der Waals surface area contributed by atoms with E-state index in [1.54, 1.807) is 6.20 Å². The molecule has 1 aromatic carbocycles. The summed E-state index contributed by atoms with van der Waals surface area (Å²) in [6, 6.07) is 14.3. The van der Waals surface area contributed by atoms with Crippen molar-refractivity contribution in [2.24, 2.45) is 7.05 Å². The van der Waals surface area contributed by atoms with Gasteiger partial charge in [-0.1, -0.05) is 12.1 Å². The van der Waals surface area contributed by atoms with Crippen molar-refractivity contribution < 1.29 is 9.53 Å². The zero-order valence-electron chi connectivity index (χ0n) is 22.8. The third kappa shape index (κ3) is 6.34. The summed E-state index contributed by atoms with van der Waals surface area (Å²) in [5.74, 6) is -0.305. The second kappa shape index (κ2) is 11.8. The molecule has 4 aromatic rings. The Balaban J connectivity index is 1.43. The van der Waals surface area contributed by atoms with E-state index < -0.39 is 0 Å². The highest BCUT2D eigenvalue weighted by Gasteiger charge is 2.27. The molecule has 8 heteroatoms. The number of nitrogens with zero attached hydrogens (tertiary/aromatic N) is 5. The number of benzene rings is 1. The quantitative estimate of drug-likeness (QED) is 0.316. The highest BCUT2D eigenvalue weighted by Crippen LogP contribution is 2.25. The van der Waals surface area contributed by atoms with E-state index in [-0.39, 0.29) is 24.0 Å². The fourth-order valence-corrected chi connectivity index (χ4v) is 5.49. The van der Waals surface area contributed by atoms with E-state index in [1.165, 1.54) is 12.5 Å². The standard InChI is InChI=1S/C31H35N5O3/c1-22-13-24(10-11-33-22)17-36(19-26-18-34(3)30-9-5-4-8-29(30)31(26)38)27-7-6-12-35(20-27)28-14-25(15-32-16-28)21-39-23(2)37/h4-5,8-11,13-16,18,27H,6-7,12,17,19-21H2,1-3H3/t27-/m0/s1. The molecule has 1 aliphatic rings. The average molecular weight is 526 g/mol. The predicted octanol–water partition coefficient (Wildman–Crippen LogP) is 4.37. The normalized spacial score (nSPS) is 15.6. The van der Waals surface area contributed by atoms with Crippen molar-refractivity contribution in [3.8, 4) is 0 Å². The van der Waals surface area contributed by atoms with E-state index in [2.05, 4.69) is 31.9 Å². The lowest BCUT2D eigenvalue weighted by Gasteiger charge is -2.40. The van der Waals surface area contributed by atoms with Crippen LogP contribution >= 0.6 is 0 Å². The molecule has 1 fully saturated rings. The first kappa shape index (κ1) is 26.6. The molecule has 1 atom stereocenters. The summed E-state index contributed by atoms with van der Waals surface area (Å²) >= 11 is 0. The van der Waals surface area contributed by atoms with Gasteiger partial charge in [-0.05, 0) is 55.7 Å². The van der Waals surface area contributed by atoms with Gasteiger partial charge in [-0.2, -0.15) is 0 Å². The van der Waals surface area contributed by atoms with Crippen LogP contribution in [0.4, 0.5) is 5.69 Å². The van der Waals surface area contributed by atoms with Crippen molar-refractivity contribution >= 4 is 22.6 Å². The van der Waals surface area contributed by atoms with Crippen LogP contribution in [0.2, 0.25) is 0 Å². The van der Waals surface area contributed by atoms with E-state index >= 15 is 0 Å². The first-order chi connectivity index (χ1) is 18.9. The number of para-hydroxylation sites is 1. The Morgan fingerprint density at radius 2 is 1.97 bits per heavy atom. The molecule has 0 bridgehead atoms. The number of aromatic nitrogens is 3. The molecule has 8 nitrogen and oxygen atoms in total. The molecule has 0 spiro atoms. The van der Waals surface area contributed by atoms with Gasteiger partial charge < -0.3 is 14.2 Å². The van der Waals surface area contributed by atoms with Gasteiger partial charge in [0.25, 0.3) is 0 Å². The number of ether oxygens (including phenoxy) is 1. The first-order valence-electron chi connectivity index (χ1n) is 13.4. The maximum absolute atomic E-state index is 13.5. The second-order valence-electron chi connectivity index (χ2n) is 10.4. The number of rotatable bonds is 8. The Morgan fingerprint density at radius 3 is 2.79 bits per heavy atom. The number of fused-ring (bicyclic) bond motifs is 1. The van der Waals surface area contributed by atoms with Crippen LogP contribution in [0.3, 0.4) is 0 Å². The van der Waals surface area contributed by atoms with Gasteiger partial charge in [0.1, 0.15) is 6.61 Å². The van der Waals surface area contributed by atoms with Crippen LogP contribution in [-0.2, 0) is 36.3 Å². The monoisotopic (exact) mass is 525 g/mol. The van der Waals surface area contributed by atoms with E-state index in [1.807, 2.05) is 67.5 Å². The maximum Gasteiger partial charge on any atom is 0.302 e. The SMILES string of the molecule is CC(=O)OCc1cncc(N2CCC[C@H](N(Cc3ccnc(C)c3)Cc3cn(C)c4ccccc4c3=O)C2)c1.